The summed E-state index contributed by atoms with van der Waals surface area (Å²) >= 11 is 0. The lowest BCUT2D eigenvalue weighted by Crippen LogP contribution is -2.09. The van der Waals surface area contributed by atoms with Gasteiger partial charge in [0.1, 0.15) is 0 Å². The van der Waals surface area contributed by atoms with E-state index in [9.17, 15) is 0 Å². The highest BCUT2D eigenvalue weighted by molar-refractivity contribution is 5.62. The van der Waals surface area contributed by atoms with E-state index in [1.807, 2.05) is 38.4 Å². The van der Waals surface area contributed by atoms with Gasteiger partial charge in [-0.05, 0) is 43.7 Å². The Morgan fingerprint density at radius 1 is 1.06 bits per heavy atom. The molecule has 2 nitrogen and oxygen atoms in total. The third kappa shape index (κ3) is 2.22. The average molecular weight is 211 g/mol. The minimum absolute atomic E-state index is 1.03. The molecule has 2 rings (SSSR count). The van der Waals surface area contributed by atoms with Gasteiger partial charge in [0.2, 0.25) is 0 Å². The standard InChI is InChI=1S/C14H15N2/c1-11-4-6-13(7-5-11)16(3)14-8-9-15-12(2)10-14/h4-10H,1H2,2-3H3. The second-order valence-electron chi connectivity index (χ2n) is 3.88. The summed E-state index contributed by atoms with van der Waals surface area (Å²) in [5.41, 5.74) is 4.35. The zero-order valence-corrected chi connectivity index (χ0v) is 9.64. The summed E-state index contributed by atoms with van der Waals surface area (Å²) in [5.74, 6) is 0. The molecule has 0 N–H and O–H groups in total. The third-order valence-electron chi connectivity index (χ3n) is 2.59. The topological polar surface area (TPSA) is 16.1 Å². The van der Waals surface area contributed by atoms with Crippen LogP contribution in [0.1, 0.15) is 11.3 Å². The Bertz CT molecular complexity index is 474. The smallest absolute Gasteiger partial charge is 0.0441 e. The van der Waals surface area contributed by atoms with Crippen LogP contribution in [0.15, 0.2) is 42.6 Å². The largest absolute Gasteiger partial charge is 0.345 e. The molecule has 0 atom stereocenters. The number of hydrogen-bond donors (Lipinski definition) is 0. The van der Waals surface area contributed by atoms with Gasteiger partial charge in [0.25, 0.3) is 0 Å². The van der Waals surface area contributed by atoms with Gasteiger partial charge < -0.3 is 4.90 Å². The van der Waals surface area contributed by atoms with E-state index in [-0.39, 0.29) is 0 Å². The van der Waals surface area contributed by atoms with E-state index in [1.54, 1.807) is 0 Å². The highest BCUT2D eigenvalue weighted by atomic mass is 15.1. The second kappa shape index (κ2) is 4.35. The van der Waals surface area contributed by atoms with Crippen molar-refractivity contribution in [1.29, 1.82) is 0 Å². The Labute approximate surface area is 96.6 Å². The molecule has 0 aliphatic rings. The number of nitrogens with zero attached hydrogens (tertiary/aromatic N) is 2. The van der Waals surface area contributed by atoms with Gasteiger partial charge in [0.05, 0.1) is 0 Å². The van der Waals surface area contributed by atoms with Crippen LogP contribution in [0.2, 0.25) is 0 Å². The molecule has 0 saturated carbocycles. The number of hydrogen-bond acceptors (Lipinski definition) is 2. The van der Waals surface area contributed by atoms with Gasteiger partial charge in [-0.25, -0.2) is 0 Å². The van der Waals surface area contributed by atoms with Crippen molar-refractivity contribution in [3.8, 4) is 0 Å². The zero-order valence-electron chi connectivity index (χ0n) is 9.64. The predicted octanol–water partition coefficient (Wildman–Crippen LogP) is 3.34. The number of aryl methyl sites for hydroxylation is 1. The molecule has 1 aromatic heterocycles. The Balaban J connectivity index is 2.31. The molecule has 0 fully saturated rings. The Morgan fingerprint density at radius 3 is 2.38 bits per heavy atom. The van der Waals surface area contributed by atoms with Crippen molar-refractivity contribution < 1.29 is 0 Å². The van der Waals surface area contributed by atoms with Crippen molar-refractivity contribution in [1.82, 2.24) is 4.98 Å². The molecular weight excluding hydrogens is 196 g/mol. The lowest BCUT2D eigenvalue weighted by Gasteiger charge is -2.19. The van der Waals surface area contributed by atoms with Crippen LogP contribution in [-0.2, 0) is 0 Å². The van der Waals surface area contributed by atoms with E-state index in [0.717, 1.165) is 22.6 Å². The first-order valence-electron chi connectivity index (χ1n) is 5.25. The second-order valence-corrected chi connectivity index (χ2v) is 3.88. The Kier molecular flexibility index (Phi) is 2.91. The number of aromatic nitrogens is 1. The van der Waals surface area contributed by atoms with Crippen molar-refractivity contribution in [3.05, 3.63) is 60.8 Å². The fourth-order valence-corrected chi connectivity index (χ4v) is 1.61. The number of rotatable bonds is 2. The Hall–Kier alpha value is -1.83. The highest BCUT2D eigenvalue weighted by Gasteiger charge is 2.03. The monoisotopic (exact) mass is 211 g/mol. The first kappa shape index (κ1) is 10.7. The fraction of sp³-hybridized carbons (Fsp3) is 0.143. The van der Waals surface area contributed by atoms with Crippen molar-refractivity contribution in [2.75, 3.05) is 11.9 Å². The molecule has 0 saturated heterocycles. The molecule has 0 bridgehead atoms. The molecule has 81 valence electrons. The molecular formula is C14H15N2. The molecule has 16 heavy (non-hydrogen) atoms. The van der Waals surface area contributed by atoms with Crippen LogP contribution in [0.25, 0.3) is 0 Å². The molecule has 0 spiro atoms. The maximum atomic E-state index is 4.19. The number of benzene rings is 1. The summed E-state index contributed by atoms with van der Waals surface area (Å²) in [7, 11) is 2.05. The fourth-order valence-electron chi connectivity index (χ4n) is 1.61. The molecule has 2 heteroatoms. The van der Waals surface area contributed by atoms with E-state index < -0.39 is 0 Å². The van der Waals surface area contributed by atoms with Gasteiger partial charge >= 0.3 is 0 Å². The first-order valence-corrected chi connectivity index (χ1v) is 5.25. The van der Waals surface area contributed by atoms with Crippen LogP contribution in [0.4, 0.5) is 11.4 Å². The van der Waals surface area contributed by atoms with E-state index in [4.69, 9.17) is 0 Å². The van der Waals surface area contributed by atoms with Gasteiger partial charge in [-0.15, -0.1) is 0 Å². The molecule has 1 radical (unpaired) electrons. The van der Waals surface area contributed by atoms with Gasteiger partial charge in [0.15, 0.2) is 0 Å². The van der Waals surface area contributed by atoms with E-state index >= 15 is 0 Å². The maximum Gasteiger partial charge on any atom is 0.0441 e. The highest BCUT2D eigenvalue weighted by Crippen LogP contribution is 2.23. The zero-order chi connectivity index (χ0) is 11.5. The van der Waals surface area contributed by atoms with Crippen molar-refractivity contribution in [2.24, 2.45) is 0 Å². The summed E-state index contributed by atoms with van der Waals surface area (Å²) in [5, 5.41) is 0. The van der Waals surface area contributed by atoms with Crippen LogP contribution in [0.5, 0.6) is 0 Å². The molecule has 1 aromatic carbocycles. The van der Waals surface area contributed by atoms with Crippen LogP contribution in [0.3, 0.4) is 0 Å². The SMILES string of the molecule is [CH2]c1ccc(N(C)c2ccnc(C)c2)cc1. The Morgan fingerprint density at radius 2 is 1.75 bits per heavy atom. The normalized spacial score (nSPS) is 10.2. The van der Waals surface area contributed by atoms with Gasteiger partial charge in [-0.1, -0.05) is 12.1 Å². The molecule has 0 amide bonds. The summed E-state index contributed by atoms with van der Waals surface area (Å²) in [6.45, 7) is 5.88. The third-order valence-corrected chi connectivity index (χ3v) is 2.59. The van der Waals surface area contributed by atoms with E-state index in [2.05, 4.69) is 35.0 Å². The number of pyridine rings is 1. The van der Waals surface area contributed by atoms with Crippen LogP contribution < -0.4 is 4.90 Å². The van der Waals surface area contributed by atoms with E-state index in [0.29, 0.717) is 0 Å². The number of anilines is 2. The lowest BCUT2D eigenvalue weighted by molar-refractivity contribution is 1.14. The van der Waals surface area contributed by atoms with Crippen molar-refractivity contribution >= 4 is 11.4 Å². The van der Waals surface area contributed by atoms with Crippen LogP contribution in [0, 0.1) is 13.8 Å². The summed E-state index contributed by atoms with van der Waals surface area (Å²) in [4.78, 5) is 6.33. The summed E-state index contributed by atoms with van der Waals surface area (Å²) in [6.07, 6.45) is 1.83. The summed E-state index contributed by atoms with van der Waals surface area (Å²) < 4.78 is 0. The van der Waals surface area contributed by atoms with Crippen molar-refractivity contribution in [3.63, 3.8) is 0 Å². The van der Waals surface area contributed by atoms with Crippen LogP contribution in [-0.4, -0.2) is 12.0 Å². The lowest BCUT2D eigenvalue weighted by atomic mass is 10.2. The minimum atomic E-state index is 1.03. The van der Waals surface area contributed by atoms with Gasteiger partial charge in [-0.3, -0.25) is 4.98 Å². The molecule has 0 unspecified atom stereocenters. The molecule has 0 aliphatic carbocycles. The average Bonchev–Trinajstić information content (AvgIpc) is 2.29. The first-order chi connectivity index (χ1) is 7.66. The van der Waals surface area contributed by atoms with E-state index in [1.165, 1.54) is 0 Å². The van der Waals surface area contributed by atoms with Gasteiger partial charge in [-0.2, -0.15) is 0 Å². The van der Waals surface area contributed by atoms with Crippen molar-refractivity contribution in [2.45, 2.75) is 6.92 Å². The molecule has 2 aromatic rings. The minimum Gasteiger partial charge on any atom is -0.345 e. The molecule has 1 heterocycles. The molecule has 0 aliphatic heterocycles. The maximum absolute atomic E-state index is 4.19. The quantitative estimate of drug-likeness (QED) is 0.757. The van der Waals surface area contributed by atoms with Crippen LogP contribution >= 0.6 is 0 Å². The summed E-state index contributed by atoms with van der Waals surface area (Å²) in [6, 6.07) is 12.2. The predicted molar refractivity (Wildman–Crippen MR) is 67.9 cm³/mol. The van der Waals surface area contributed by atoms with Gasteiger partial charge in [0, 0.05) is 30.3 Å².